The number of sulfone groups is 1. The van der Waals surface area contributed by atoms with Crippen molar-refractivity contribution in [3.05, 3.63) is 23.9 Å². The van der Waals surface area contributed by atoms with Crippen molar-refractivity contribution >= 4 is 15.8 Å². The molecule has 0 aliphatic carbocycles. The van der Waals surface area contributed by atoms with E-state index < -0.39 is 9.84 Å². The average Bonchev–Trinajstić information content (AvgIpc) is 2.70. The van der Waals surface area contributed by atoms with Gasteiger partial charge in [0.05, 0.1) is 18.9 Å². The molecular formula is C20H35N5O3S. The highest BCUT2D eigenvalue weighted by atomic mass is 32.2. The Kier molecular flexibility index (Phi) is 9.66. The Balaban J connectivity index is 1.82. The van der Waals surface area contributed by atoms with Gasteiger partial charge in [0.25, 0.3) is 0 Å². The van der Waals surface area contributed by atoms with E-state index in [-0.39, 0.29) is 5.75 Å². The van der Waals surface area contributed by atoms with E-state index >= 15 is 0 Å². The molecule has 1 saturated heterocycles. The fourth-order valence-corrected chi connectivity index (χ4v) is 3.67. The van der Waals surface area contributed by atoms with Crippen LogP contribution in [0.25, 0.3) is 0 Å². The van der Waals surface area contributed by atoms with E-state index in [9.17, 15) is 8.42 Å². The number of ether oxygens (including phenoxy) is 1. The van der Waals surface area contributed by atoms with Crippen molar-refractivity contribution in [3.63, 3.8) is 0 Å². The highest BCUT2D eigenvalue weighted by molar-refractivity contribution is 7.90. The van der Waals surface area contributed by atoms with Gasteiger partial charge >= 0.3 is 0 Å². The number of nitrogens with zero attached hydrogens (tertiary/aromatic N) is 3. The van der Waals surface area contributed by atoms with Gasteiger partial charge < -0.3 is 20.3 Å². The number of nitrogens with one attached hydrogen (secondary N) is 2. The molecule has 0 unspecified atom stereocenters. The summed E-state index contributed by atoms with van der Waals surface area (Å²) in [4.78, 5) is 11.2. The van der Waals surface area contributed by atoms with Crippen LogP contribution in [0.2, 0.25) is 0 Å². The lowest BCUT2D eigenvalue weighted by molar-refractivity contribution is 0.216. The van der Waals surface area contributed by atoms with Gasteiger partial charge in [-0.1, -0.05) is 13.0 Å². The molecule has 0 aromatic carbocycles. The second kappa shape index (κ2) is 12.0. The lowest BCUT2D eigenvalue weighted by atomic mass is 10.1. The van der Waals surface area contributed by atoms with Gasteiger partial charge in [-0.2, -0.15) is 0 Å². The first kappa shape index (κ1) is 23.4. The summed E-state index contributed by atoms with van der Waals surface area (Å²) in [6, 6.07) is 4.21. The highest BCUT2D eigenvalue weighted by Crippen LogP contribution is 2.11. The molecule has 164 valence electrons. The monoisotopic (exact) mass is 425 g/mol. The molecule has 0 bridgehead atoms. The molecule has 29 heavy (non-hydrogen) atoms. The quantitative estimate of drug-likeness (QED) is 0.432. The second-order valence-electron chi connectivity index (χ2n) is 7.44. The summed E-state index contributed by atoms with van der Waals surface area (Å²) >= 11 is 0. The molecule has 9 heteroatoms. The SMILES string of the molecule is CCCOc1ccc(CN=C(NCC)NC2CCN(CCS(C)(=O)=O)CC2)cn1. The van der Waals surface area contributed by atoms with Gasteiger partial charge in [0.15, 0.2) is 5.96 Å². The number of aromatic nitrogens is 1. The van der Waals surface area contributed by atoms with Gasteiger partial charge in [-0.05, 0) is 31.7 Å². The Morgan fingerprint density at radius 2 is 2.07 bits per heavy atom. The van der Waals surface area contributed by atoms with Crippen LogP contribution in [-0.4, -0.2) is 75.1 Å². The van der Waals surface area contributed by atoms with Crippen LogP contribution in [0, 0.1) is 0 Å². The number of piperidine rings is 1. The van der Waals surface area contributed by atoms with E-state index in [1.165, 1.54) is 6.26 Å². The zero-order valence-electron chi connectivity index (χ0n) is 17.9. The summed E-state index contributed by atoms with van der Waals surface area (Å²) in [6.45, 7) is 8.54. The zero-order valence-corrected chi connectivity index (χ0v) is 18.7. The first-order valence-corrected chi connectivity index (χ1v) is 12.5. The maximum Gasteiger partial charge on any atom is 0.213 e. The normalized spacial score (nSPS) is 16.6. The molecule has 0 saturated carbocycles. The Morgan fingerprint density at radius 1 is 1.31 bits per heavy atom. The fraction of sp³-hybridized carbons (Fsp3) is 0.700. The van der Waals surface area contributed by atoms with Gasteiger partial charge in [0, 0.05) is 50.7 Å². The number of rotatable bonds is 10. The molecule has 0 spiro atoms. The van der Waals surface area contributed by atoms with Crippen LogP contribution in [0.4, 0.5) is 0 Å². The molecule has 8 nitrogen and oxygen atoms in total. The Bertz CT molecular complexity index is 729. The van der Waals surface area contributed by atoms with Crippen LogP contribution in [0.3, 0.4) is 0 Å². The number of guanidine groups is 1. The smallest absolute Gasteiger partial charge is 0.213 e. The van der Waals surface area contributed by atoms with Crippen molar-refractivity contribution in [2.45, 2.75) is 45.7 Å². The summed E-state index contributed by atoms with van der Waals surface area (Å²) in [7, 11) is -2.90. The maximum absolute atomic E-state index is 11.3. The van der Waals surface area contributed by atoms with Gasteiger partial charge in [-0.25, -0.2) is 18.4 Å². The molecular weight excluding hydrogens is 390 g/mol. The minimum atomic E-state index is -2.90. The first-order chi connectivity index (χ1) is 13.9. The molecule has 1 aromatic heterocycles. The minimum absolute atomic E-state index is 0.228. The van der Waals surface area contributed by atoms with Gasteiger partial charge in [0.2, 0.25) is 5.88 Å². The third kappa shape index (κ3) is 9.45. The minimum Gasteiger partial charge on any atom is -0.478 e. The molecule has 0 amide bonds. The molecule has 2 rings (SSSR count). The Hall–Kier alpha value is -1.87. The number of hydrogen-bond donors (Lipinski definition) is 2. The standard InChI is InChI=1S/C20H35N5O3S/c1-4-13-28-19-7-6-17(15-22-19)16-23-20(21-5-2)24-18-8-10-25(11-9-18)12-14-29(3,26)27/h6-7,15,18H,4-5,8-14,16H2,1-3H3,(H2,21,23,24). The van der Waals surface area contributed by atoms with Crippen molar-refractivity contribution in [1.29, 1.82) is 0 Å². The van der Waals surface area contributed by atoms with Crippen LogP contribution in [0.15, 0.2) is 23.3 Å². The Morgan fingerprint density at radius 3 is 2.66 bits per heavy atom. The van der Waals surface area contributed by atoms with E-state index in [4.69, 9.17) is 4.74 Å². The summed E-state index contributed by atoms with van der Waals surface area (Å²) < 4.78 is 28.2. The summed E-state index contributed by atoms with van der Waals surface area (Å²) in [5, 5.41) is 6.80. The molecule has 1 fully saturated rings. The predicted octanol–water partition coefficient (Wildman–Crippen LogP) is 1.43. The molecule has 0 atom stereocenters. The summed E-state index contributed by atoms with van der Waals surface area (Å²) in [5.41, 5.74) is 1.03. The fourth-order valence-electron chi connectivity index (χ4n) is 3.08. The van der Waals surface area contributed by atoms with Crippen molar-refractivity contribution in [3.8, 4) is 5.88 Å². The molecule has 2 heterocycles. The molecule has 1 aliphatic rings. The molecule has 2 N–H and O–H groups in total. The average molecular weight is 426 g/mol. The van der Waals surface area contributed by atoms with Crippen molar-refractivity contribution < 1.29 is 13.2 Å². The van der Waals surface area contributed by atoms with E-state index in [1.54, 1.807) is 6.20 Å². The lowest BCUT2D eigenvalue weighted by Crippen LogP contribution is -2.49. The van der Waals surface area contributed by atoms with Crippen molar-refractivity contribution in [2.75, 3.05) is 44.8 Å². The maximum atomic E-state index is 11.3. The first-order valence-electron chi connectivity index (χ1n) is 10.4. The second-order valence-corrected chi connectivity index (χ2v) is 9.70. The topological polar surface area (TPSA) is 95.9 Å². The number of likely N-dealkylation sites (tertiary alicyclic amines) is 1. The van der Waals surface area contributed by atoms with Gasteiger partial charge in [-0.3, -0.25) is 0 Å². The zero-order chi connectivity index (χ0) is 21.1. The van der Waals surface area contributed by atoms with Gasteiger partial charge in [-0.15, -0.1) is 0 Å². The summed E-state index contributed by atoms with van der Waals surface area (Å²) in [6.07, 6.45) is 6.00. The lowest BCUT2D eigenvalue weighted by Gasteiger charge is -2.32. The Labute approximate surface area is 175 Å². The van der Waals surface area contributed by atoms with E-state index in [0.717, 1.165) is 50.4 Å². The van der Waals surface area contributed by atoms with Crippen molar-refractivity contribution in [2.24, 2.45) is 4.99 Å². The third-order valence-corrected chi connectivity index (χ3v) is 5.65. The van der Waals surface area contributed by atoms with E-state index in [1.807, 2.05) is 19.1 Å². The summed E-state index contributed by atoms with van der Waals surface area (Å²) in [5.74, 6) is 1.67. The number of aliphatic imine (C=N–C) groups is 1. The van der Waals surface area contributed by atoms with Crippen LogP contribution in [-0.2, 0) is 16.4 Å². The van der Waals surface area contributed by atoms with E-state index in [2.05, 4.69) is 32.4 Å². The number of hydrogen-bond acceptors (Lipinski definition) is 6. The molecule has 1 aliphatic heterocycles. The van der Waals surface area contributed by atoms with E-state index in [0.29, 0.717) is 31.6 Å². The van der Waals surface area contributed by atoms with Crippen LogP contribution in [0.1, 0.15) is 38.7 Å². The number of pyridine rings is 1. The largest absolute Gasteiger partial charge is 0.478 e. The highest BCUT2D eigenvalue weighted by Gasteiger charge is 2.20. The van der Waals surface area contributed by atoms with Gasteiger partial charge in [0.1, 0.15) is 9.84 Å². The molecule has 0 radical (unpaired) electrons. The van der Waals surface area contributed by atoms with Crippen molar-refractivity contribution in [1.82, 2.24) is 20.5 Å². The third-order valence-electron chi connectivity index (χ3n) is 4.72. The van der Waals surface area contributed by atoms with Crippen LogP contribution >= 0.6 is 0 Å². The molecule has 1 aromatic rings. The van der Waals surface area contributed by atoms with Crippen LogP contribution in [0.5, 0.6) is 5.88 Å². The van der Waals surface area contributed by atoms with Crippen LogP contribution < -0.4 is 15.4 Å². The predicted molar refractivity (Wildman–Crippen MR) is 117 cm³/mol.